The van der Waals surface area contributed by atoms with Crippen LogP contribution in [-0.2, 0) is 54.5 Å². The molecule has 0 spiro atoms. The molecule has 6 rings (SSSR count). The molecule has 0 aliphatic heterocycles. The largest absolute Gasteiger partial charge is 0.368 e. The molecular weight excluding hydrogens is 849 g/mol. The fourth-order valence-corrected chi connectivity index (χ4v) is 7.84. The van der Waals surface area contributed by atoms with E-state index < -0.39 is 71.7 Å². The van der Waals surface area contributed by atoms with Crippen LogP contribution in [-0.4, -0.2) is 104 Å². The zero-order chi connectivity index (χ0) is 46.3. The molecule has 3 heterocycles. The fourth-order valence-electron chi connectivity index (χ4n) is 7.58. The highest BCUT2D eigenvalue weighted by atomic mass is 32.1. The molecule has 0 unspecified atom stereocenters. The number of benzene rings is 3. The number of carbonyl (C=O) groups excluding carboxylic acids is 6. The summed E-state index contributed by atoms with van der Waals surface area (Å²) in [7, 11) is 0. The minimum absolute atomic E-state index is 0.00626. The van der Waals surface area contributed by atoms with Crippen molar-refractivity contribution in [1.82, 2.24) is 46.5 Å². The first-order chi connectivity index (χ1) is 31.4. The molecule has 0 fully saturated rings. The summed E-state index contributed by atoms with van der Waals surface area (Å²) in [5.74, 6) is -4.23. The summed E-state index contributed by atoms with van der Waals surface area (Å²) in [6.45, 7) is 0.336. The Labute approximate surface area is 380 Å². The van der Waals surface area contributed by atoms with Crippen molar-refractivity contribution in [3.05, 3.63) is 126 Å². The van der Waals surface area contributed by atoms with Crippen LogP contribution in [0.2, 0.25) is 0 Å². The van der Waals surface area contributed by atoms with E-state index in [1.807, 2.05) is 54.6 Å². The Balaban J connectivity index is 1.23. The maximum atomic E-state index is 14.6. The molecule has 6 amide bonds. The van der Waals surface area contributed by atoms with Crippen molar-refractivity contribution < 1.29 is 28.8 Å². The fraction of sp³-hybridized carbons (Fsp3) is 0.326. The Morgan fingerprint density at radius 3 is 1.66 bits per heavy atom. The molecule has 6 aromatic rings. The number of nitrogens with one attached hydrogen (secondary N) is 8. The standard InChI is InChI=1S/C46H56N12O6S/c47-17-9-8-16-36(54-46(64)40(25-65)58-42(60)33(48)21-30-24-50-26-53-30)43(61)56-38(18-27-10-2-1-3-11-27)44(62)57-39(20-29-23-52-35-15-7-5-13-32(29)35)45(63)55-37(41(49)59)19-28-22-51-34-14-6-4-12-31(28)34/h1-7,10-15,22-24,26,33,36-40,51-52,65H,8-9,16-21,25,47-48H2,(H2,49,59)(H,50,53)(H,54,64)(H,55,63)(H,56,61)(H,57,62)(H,58,60)/t33-,36+,37-,38+,39+,40-/m0/s1. The number of carbonyl (C=O) groups is 6. The Bertz CT molecular complexity index is 2540. The molecule has 342 valence electrons. The third kappa shape index (κ3) is 13.1. The molecule has 65 heavy (non-hydrogen) atoms. The summed E-state index contributed by atoms with van der Waals surface area (Å²) < 4.78 is 0. The molecule has 0 saturated heterocycles. The second-order valence-corrected chi connectivity index (χ2v) is 16.2. The maximum absolute atomic E-state index is 14.6. The first-order valence-electron chi connectivity index (χ1n) is 21.4. The average molecular weight is 905 g/mol. The number of H-pyrrole nitrogens is 3. The van der Waals surface area contributed by atoms with Gasteiger partial charge in [0.25, 0.3) is 0 Å². The van der Waals surface area contributed by atoms with Gasteiger partial charge >= 0.3 is 0 Å². The van der Waals surface area contributed by atoms with Gasteiger partial charge in [-0.25, -0.2) is 4.98 Å². The van der Waals surface area contributed by atoms with Crippen molar-refractivity contribution in [3.63, 3.8) is 0 Å². The van der Waals surface area contributed by atoms with Crippen molar-refractivity contribution in [2.75, 3.05) is 12.3 Å². The highest BCUT2D eigenvalue weighted by molar-refractivity contribution is 7.80. The number of nitrogens with two attached hydrogens (primary N) is 3. The maximum Gasteiger partial charge on any atom is 0.244 e. The van der Waals surface area contributed by atoms with Gasteiger partial charge in [-0.3, -0.25) is 28.8 Å². The Morgan fingerprint density at radius 2 is 1.09 bits per heavy atom. The summed E-state index contributed by atoms with van der Waals surface area (Å²) in [5.41, 5.74) is 22.2. The van der Waals surface area contributed by atoms with Crippen LogP contribution in [0.15, 0.2) is 104 Å². The number of amides is 6. The number of hydrogen-bond acceptors (Lipinski definition) is 10. The summed E-state index contributed by atoms with van der Waals surface area (Å²) in [5, 5.41) is 15.5. The molecule has 0 aliphatic carbocycles. The lowest BCUT2D eigenvalue weighted by atomic mass is 10.00. The van der Waals surface area contributed by atoms with E-state index in [4.69, 9.17) is 17.2 Å². The highest BCUT2D eigenvalue weighted by Crippen LogP contribution is 2.21. The summed E-state index contributed by atoms with van der Waals surface area (Å²) in [6, 6.07) is 17.1. The monoisotopic (exact) mass is 904 g/mol. The number of unbranched alkanes of at least 4 members (excludes halogenated alkanes) is 1. The predicted octanol–water partition coefficient (Wildman–Crippen LogP) is 0.938. The van der Waals surface area contributed by atoms with Crippen LogP contribution >= 0.6 is 12.6 Å². The molecule has 19 heteroatoms. The van der Waals surface area contributed by atoms with Crippen LogP contribution in [0.4, 0.5) is 0 Å². The van der Waals surface area contributed by atoms with Crippen molar-refractivity contribution in [3.8, 4) is 0 Å². The summed E-state index contributed by atoms with van der Waals surface area (Å²) in [4.78, 5) is 96.0. The summed E-state index contributed by atoms with van der Waals surface area (Å²) >= 11 is 4.29. The number of imidazole rings is 1. The van der Waals surface area contributed by atoms with E-state index in [1.54, 1.807) is 36.7 Å². The minimum Gasteiger partial charge on any atom is -0.368 e. The number of para-hydroxylation sites is 2. The van der Waals surface area contributed by atoms with E-state index in [2.05, 4.69) is 59.1 Å². The molecule has 6 atom stereocenters. The smallest absolute Gasteiger partial charge is 0.244 e. The molecule has 3 aromatic heterocycles. The number of fused-ring (bicyclic) bond motifs is 2. The highest BCUT2D eigenvalue weighted by Gasteiger charge is 2.33. The van der Waals surface area contributed by atoms with Gasteiger partial charge in [0, 0.05) is 77.5 Å². The van der Waals surface area contributed by atoms with Crippen molar-refractivity contribution >= 4 is 69.9 Å². The Kier molecular flexibility index (Phi) is 16.9. The lowest BCUT2D eigenvalue weighted by molar-refractivity contribution is -0.135. The molecule has 0 bridgehead atoms. The van der Waals surface area contributed by atoms with Crippen LogP contribution in [0.3, 0.4) is 0 Å². The minimum atomic E-state index is -1.25. The molecule has 3 aromatic carbocycles. The first-order valence-corrected chi connectivity index (χ1v) is 22.1. The van der Waals surface area contributed by atoms with Gasteiger partial charge in [-0.2, -0.15) is 12.6 Å². The molecule has 0 aliphatic rings. The van der Waals surface area contributed by atoms with Gasteiger partial charge < -0.3 is 58.7 Å². The molecule has 18 nitrogen and oxygen atoms in total. The second kappa shape index (κ2) is 23.1. The number of primary amides is 1. The van der Waals surface area contributed by atoms with E-state index in [0.717, 1.165) is 27.4 Å². The average Bonchev–Trinajstić information content (AvgIpc) is 4.08. The van der Waals surface area contributed by atoms with Crippen LogP contribution in [0.1, 0.15) is 41.6 Å². The van der Waals surface area contributed by atoms with Crippen LogP contribution in [0.25, 0.3) is 21.8 Å². The van der Waals surface area contributed by atoms with Gasteiger partial charge in [0.05, 0.1) is 12.4 Å². The van der Waals surface area contributed by atoms with Gasteiger partial charge in [0.2, 0.25) is 35.4 Å². The topological polar surface area (TPSA) is 301 Å². The predicted molar refractivity (Wildman–Crippen MR) is 250 cm³/mol. The quantitative estimate of drug-likeness (QED) is 0.0304. The third-order valence-electron chi connectivity index (χ3n) is 11.1. The first kappa shape index (κ1) is 47.5. The van der Waals surface area contributed by atoms with Crippen LogP contribution < -0.4 is 43.8 Å². The number of rotatable bonds is 24. The summed E-state index contributed by atoms with van der Waals surface area (Å²) in [6.07, 6.45) is 7.89. The van der Waals surface area contributed by atoms with Gasteiger partial charge in [-0.05, 0) is 54.6 Å². The second-order valence-electron chi connectivity index (χ2n) is 15.9. The van der Waals surface area contributed by atoms with E-state index >= 15 is 0 Å². The Morgan fingerprint density at radius 1 is 0.585 bits per heavy atom. The van der Waals surface area contributed by atoms with Gasteiger partial charge in [-0.15, -0.1) is 0 Å². The van der Waals surface area contributed by atoms with Crippen molar-refractivity contribution in [2.45, 2.75) is 81.2 Å². The number of nitrogens with zero attached hydrogens (tertiary/aromatic N) is 1. The van der Waals surface area contributed by atoms with Gasteiger partial charge in [0.1, 0.15) is 30.2 Å². The SMILES string of the molecule is NCCCC[C@@H](NC(=O)[C@H](CS)NC(=O)[C@@H](N)Cc1cnc[nH]1)C(=O)N[C@H](Cc1ccccc1)C(=O)N[C@H](Cc1c[nH]c2ccccc12)C(=O)N[C@@H](Cc1c[nH]c2ccccc12)C(N)=O. The number of hydrogen-bond donors (Lipinski definition) is 12. The molecular formula is C46H56N12O6S. The van der Waals surface area contributed by atoms with E-state index in [0.29, 0.717) is 36.2 Å². The van der Waals surface area contributed by atoms with Crippen LogP contribution in [0, 0.1) is 0 Å². The lowest BCUT2D eigenvalue weighted by Crippen LogP contribution is -2.60. The molecule has 14 N–H and O–H groups in total. The zero-order valence-electron chi connectivity index (χ0n) is 35.7. The zero-order valence-corrected chi connectivity index (χ0v) is 36.6. The number of aromatic amines is 3. The number of thiol groups is 1. The Hall–Kier alpha value is -6.96. The van der Waals surface area contributed by atoms with Crippen LogP contribution in [0.5, 0.6) is 0 Å². The lowest BCUT2D eigenvalue weighted by Gasteiger charge is -2.27. The van der Waals surface area contributed by atoms with E-state index in [9.17, 15) is 28.8 Å². The van der Waals surface area contributed by atoms with Crippen molar-refractivity contribution in [1.29, 1.82) is 0 Å². The number of aromatic nitrogens is 4. The normalized spacial score (nSPS) is 14.1. The van der Waals surface area contributed by atoms with Gasteiger partial charge in [-0.1, -0.05) is 66.7 Å². The molecule has 0 saturated carbocycles. The molecule has 0 radical (unpaired) electrons. The van der Waals surface area contributed by atoms with E-state index in [1.165, 1.54) is 12.5 Å². The van der Waals surface area contributed by atoms with Gasteiger partial charge in [0.15, 0.2) is 0 Å². The van der Waals surface area contributed by atoms with Crippen molar-refractivity contribution in [2.24, 2.45) is 17.2 Å². The third-order valence-corrected chi connectivity index (χ3v) is 11.5. The van der Waals surface area contributed by atoms with E-state index in [-0.39, 0.29) is 37.9 Å².